The number of unbranched alkanes of at least 4 members (excludes halogenated alkanes) is 3. The van der Waals surface area contributed by atoms with E-state index in [4.69, 9.17) is 5.73 Å². The van der Waals surface area contributed by atoms with Crippen LogP contribution in [0.3, 0.4) is 0 Å². The van der Waals surface area contributed by atoms with Crippen LogP contribution in [0.1, 0.15) is 46.5 Å². The SMILES string of the molecule is CCCCCCNC(N)=NCC(C)(C)NS(C)(=O)=O. The van der Waals surface area contributed by atoms with E-state index in [0.29, 0.717) is 12.5 Å². The summed E-state index contributed by atoms with van der Waals surface area (Å²) in [5, 5.41) is 3.03. The highest BCUT2D eigenvalue weighted by Crippen LogP contribution is 2.04. The van der Waals surface area contributed by atoms with Crippen molar-refractivity contribution in [3.8, 4) is 0 Å². The molecular formula is C12H28N4O2S. The Hall–Kier alpha value is -0.820. The molecule has 0 spiro atoms. The van der Waals surface area contributed by atoms with Gasteiger partial charge in [0.15, 0.2) is 5.96 Å². The van der Waals surface area contributed by atoms with E-state index >= 15 is 0 Å². The molecule has 0 fully saturated rings. The molecule has 0 aromatic heterocycles. The van der Waals surface area contributed by atoms with Crippen LogP contribution in [-0.4, -0.2) is 39.3 Å². The third kappa shape index (κ3) is 12.0. The van der Waals surface area contributed by atoms with E-state index < -0.39 is 15.6 Å². The number of nitrogens with two attached hydrogens (primary N) is 1. The van der Waals surface area contributed by atoms with E-state index in [-0.39, 0.29) is 0 Å². The first kappa shape index (κ1) is 18.2. The maximum atomic E-state index is 11.2. The lowest BCUT2D eigenvalue weighted by atomic mass is 10.1. The number of hydrogen-bond donors (Lipinski definition) is 3. The van der Waals surface area contributed by atoms with Crippen LogP contribution in [0.25, 0.3) is 0 Å². The first-order valence-corrected chi connectivity index (χ1v) is 8.58. The number of guanidine groups is 1. The normalized spacial score (nSPS) is 13.6. The summed E-state index contributed by atoms with van der Waals surface area (Å²) in [4.78, 5) is 4.15. The number of rotatable bonds is 9. The Morgan fingerprint density at radius 2 is 1.89 bits per heavy atom. The molecule has 0 amide bonds. The molecule has 0 atom stereocenters. The maximum Gasteiger partial charge on any atom is 0.209 e. The Bertz CT molecular complexity index is 377. The van der Waals surface area contributed by atoms with E-state index in [9.17, 15) is 8.42 Å². The molecule has 4 N–H and O–H groups in total. The van der Waals surface area contributed by atoms with E-state index in [1.807, 2.05) is 0 Å². The summed E-state index contributed by atoms with van der Waals surface area (Å²) in [5.74, 6) is 0.361. The van der Waals surface area contributed by atoms with Gasteiger partial charge in [0.25, 0.3) is 0 Å². The first-order chi connectivity index (χ1) is 8.66. The number of hydrogen-bond acceptors (Lipinski definition) is 3. The molecule has 7 heteroatoms. The van der Waals surface area contributed by atoms with Gasteiger partial charge in [-0.1, -0.05) is 26.2 Å². The van der Waals surface area contributed by atoms with Crippen molar-refractivity contribution < 1.29 is 8.42 Å². The van der Waals surface area contributed by atoms with Gasteiger partial charge in [0.05, 0.1) is 12.8 Å². The van der Waals surface area contributed by atoms with E-state index in [1.54, 1.807) is 13.8 Å². The lowest BCUT2D eigenvalue weighted by Gasteiger charge is -2.22. The van der Waals surface area contributed by atoms with E-state index in [1.165, 1.54) is 19.3 Å². The Morgan fingerprint density at radius 3 is 2.42 bits per heavy atom. The zero-order valence-corrected chi connectivity index (χ0v) is 13.3. The molecule has 0 aliphatic rings. The van der Waals surface area contributed by atoms with Crippen LogP contribution in [0, 0.1) is 0 Å². The number of aliphatic imine (C=N–C) groups is 1. The molecule has 0 rings (SSSR count). The van der Waals surface area contributed by atoms with Crippen LogP contribution >= 0.6 is 0 Å². The summed E-state index contributed by atoms with van der Waals surface area (Å²) in [6.07, 6.45) is 5.81. The summed E-state index contributed by atoms with van der Waals surface area (Å²) >= 11 is 0. The molecule has 0 aromatic rings. The van der Waals surface area contributed by atoms with Crippen molar-refractivity contribution in [1.82, 2.24) is 10.0 Å². The molecule has 0 aliphatic heterocycles. The van der Waals surface area contributed by atoms with E-state index in [2.05, 4.69) is 22.0 Å². The van der Waals surface area contributed by atoms with Gasteiger partial charge in [-0.3, -0.25) is 4.99 Å². The molecule has 0 saturated carbocycles. The smallest absolute Gasteiger partial charge is 0.209 e. The van der Waals surface area contributed by atoms with Gasteiger partial charge < -0.3 is 11.1 Å². The summed E-state index contributed by atoms with van der Waals surface area (Å²) in [7, 11) is -3.24. The van der Waals surface area contributed by atoms with Crippen LogP contribution in [0.15, 0.2) is 4.99 Å². The number of nitrogens with zero attached hydrogens (tertiary/aromatic N) is 1. The topological polar surface area (TPSA) is 96.6 Å². The van der Waals surface area contributed by atoms with Crippen LogP contribution in [0.5, 0.6) is 0 Å². The average molecular weight is 292 g/mol. The maximum absolute atomic E-state index is 11.2. The molecule has 0 unspecified atom stereocenters. The molecule has 0 bridgehead atoms. The fourth-order valence-electron chi connectivity index (χ4n) is 1.64. The molecule has 19 heavy (non-hydrogen) atoms. The summed E-state index contributed by atoms with van der Waals surface area (Å²) in [6.45, 7) is 6.81. The number of nitrogens with one attached hydrogen (secondary N) is 2. The lowest BCUT2D eigenvalue weighted by Crippen LogP contribution is -2.46. The highest BCUT2D eigenvalue weighted by molar-refractivity contribution is 7.88. The summed E-state index contributed by atoms with van der Waals surface area (Å²) < 4.78 is 24.8. The van der Waals surface area contributed by atoms with Gasteiger partial charge in [0.2, 0.25) is 10.0 Å². The van der Waals surface area contributed by atoms with Gasteiger partial charge in [-0.05, 0) is 20.3 Å². The van der Waals surface area contributed by atoms with Gasteiger partial charge in [0, 0.05) is 12.1 Å². The van der Waals surface area contributed by atoms with Crippen molar-refractivity contribution in [1.29, 1.82) is 0 Å². The van der Waals surface area contributed by atoms with Crippen molar-refractivity contribution in [3.05, 3.63) is 0 Å². The van der Waals surface area contributed by atoms with Crippen LogP contribution in [-0.2, 0) is 10.0 Å². The highest BCUT2D eigenvalue weighted by Gasteiger charge is 2.21. The van der Waals surface area contributed by atoms with Gasteiger partial charge >= 0.3 is 0 Å². The third-order valence-corrected chi connectivity index (χ3v) is 3.37. The van der Waals surface area contributed by atoms with Gasteiger partial charge in [-0.25, -0.2) is 13.1 Å². The minimum absolute atomic E-state index is 0.299. The standard InChI is InChI=1S/C12H28N4O2S/c1-5-6-7-8-9-14-11(13)15-10-12(2,3)16-19(4,17)18/h16H,5-10H2,1-4H3,(H3,13,14,15). The molecule has 114 valence electrons. The molecule has 0 radical (unpaired) electrons. The Kier molecular flexibility index (Phi) is 8.01. The predicted molar refractivity (Wildman–Crippen MR) is 80.7 cm³/mol. The average Bonchev–Trinajstić information content (AvgIpc) is 2.23. The third-order valence-electron chi connectivity index (χ3n) is 2.44. The monoisotopic (exact) mass is 292 g/mol. The Labute approximate surface area is 117 Å². The second-order valence-electron chi connectivity index (χ2n) is 5.45. The van der Waals surface area contributed by atoms with Gasteiger partial charge in [0.1, 0.15) is 0 Å². The van der Waals surface area contributed by atoms with Crippen LogP contribution < -0.4 is 15.8 Å². The summed E-state index contributed by atoms with van der Waals surface area (Å²) in [6, 6.07) is 0. The predicted octanol–water partition coefficient (Wildman–Crippen LogP) is 0.799. The summed E-state index contributed by atoms with van der Waals surface area (Å²) in [5.41, 5.74) is 5.08. The molecule has 0 heterocycles. The molecule has 0 aromatic carbocycles. The van der Waals surface area contributed by atoms with Crippen molar-refractivity contribution in [2.24, 2.45) is 10.7 Å². The van der Waals surface area contributed by atoms with Crippen molar-refractivity contribution in [2.75, 3.05) is 19.3 Å². The highest BCUT2D eigenvalue weighted by atomic mass is 32.2. The number of sulfonamides is 1. The lowest BCUT2D eigenvalue weighted by molar-refractivity contribution is 0.465. The molecular weight excluding hydrogens is 264 g/mol. The fourth-order valence-corrected chi connectivity index (χ4v) is 2.71. The second-order valence-corrected chi connectivity index (χ2v) is 7.20. The minimum atomic E-state index is -3.24. The minimum Gasteiger partial charge on any atom is -0.370 e. The van der Waals surface area contributed by atoms with Gasteiger partial charge in [-0.15, -0.1) is 0 Å². The first-order valence-electron chi connectivity index (χ1n) is 6.69. The van der Waals surface area contributed by atoms with Crippen molar-refractivity contribution in [2.45, 2.75) is 52.0 Å². The quantitative estimate of drug-likeness (QED) is 0.333. The van der Waals surface area contributed by atoms with Crippen molar-refractivity contribution in [3.63, 3.8) is 0 Å². The fraction of sp³-hybridized carbons (Fsp3) is 0.917. The zero-order chi connectivity index (χ0) is 14.9. The van der Waals surface area contributed by atoms with Crippen LogP contribution in [0.4, 0.5) is 0 Å². The zero-order valence-electron chi connectivity index (χ0n) is 12.5. The van der Waals surface area contributed by atoms with Crippen molar-refractivity contribution >= 4 is 16.0 Å². The largest absolute Gasteiger partial charge is 0.370 e. The molecule has 0 aliphatic carbocycles. The molecule has 6 nitrogen and oxygen atoms in total. The second kappa shape index (κ2) is 8.37. The van der Waals surface area contributed by atoms with Gasteiger partial charge in [-0.2, -0.15) is 0 Å². The Balaban J connectivity index is 4.02. The van der Waals surface area contributed by atoms with E-state index in [0.717, 1.165) is 19.2 Å². The van der Waals surface area contributed by atoms with Crippen LogP contribution in [0.2, 0.25) is 0 Å². The Morgan fingerprint density at radius 1 is 1.26 bits per heavy atom. The molecule has 0 saturated heterocycles.